The van der Waals surface area contributed by atoms with Crippen LogP contribution in [0.15, 0.2) is 0 Å². The van der Waals surface area contributed by atoms with Crippen LogP contribution in [0.1, 0.15) is 33.6 Å². The molecule has 0 aromatic carbocycles. The lowest BCUT2D eigenvalue weighted by Crippen LogP contribution is -2.45. The minimum Gasteiger partial charge on any atom is -0.481 e. The quantitative estimate of drug-likeness (QED) is 0.785. The lowest BCUT2D eigenvalue weighted by atomic mass is 10.0. The molecule has 1 fully saturated rings. The van der Waals surface area contributed by atoms with E-state index in [9.17, 15) is 9.59 Å². The Hall–Kier alpha value is -1.26. The largest absolute Gasteiger partial charge is 0.481 e. The number of hydrogen-bond acceptors (Lipinski definition) is 2. The number of amides is 2. The van der Waals surface area contributed by atoms with Crippen LogP contribution in [-0.4, -0.2) is 41.1 Å². The molecule has 1 aliphatic rings. The van der Waals surface area contributed by atoms with Gasteiger partial charge < -0.3 is 15.3 Å². The molecule has 2 unspecified atom stereocenters. The molecule has 17 heavy (non-hydrogen) atoms. The van der Waals surface area contributed by atoms with Crippen molar-refractivity contribution in [2.24, 2.45) is 11.8 Å². The first-order valence-electron chi connectivity index (χ1n) is 6.24. The van der Waals surface area contributed by atoms with E-state index in [1.807, 2.05) is 6.92 Å². The third-order valence-electron chi connectivity index (χ3n) is 3.38. The predicted molar refractivity (Wildman–Crippen MR) is 64.8 cm³/mol. The standard InChI is InChI=1S/C12H22N2O3/c1-4-10(8(2)3)13-12(17)14-6-5-9(7-14)11(15)16/h8-10H,4-7H2,1-3H3,(H,13,17)(H,15,16). The second kappa shape index (κ2) is 5.89. The van der Waals surface area contributed by atoms with E-state index in [1.165, 1.54) is 0 Å². The van der Waals surface area contributed by atoms with Gasteiger partial charge in [0.25, 0.3) is 0 Å². The van der Waals surface area contributed by atoms with Gasteiger partial charge in [-0.3, -0.25) is 4.79 Å². The average molecular weight is 242 g/mol. The second-order valence-electron chi connectivity index (χ2n) is 4.98. The Morgan fingerprint density at radius 3 is 2.53 bits per heavy atom. The van der Waals surface area contributed by atoms with E-state index in [0.29, 0.717) is 25.4 Å². The number of aliphatic carboxylic acids is 1. The normalized spacial score (nSPS) is 21.6. The number of nitrogens with zero attached hydrogens (tertiary/aromatic N) is 1. The first-order valence-corrected chi connectivity index (χ1v) is 6.24. The molecule has 2 atom stereocenters. The van der Waals surface area contributed by atoms with Crippen molar-refractivity contribution in [2.75, 3.05) is 13.1 Å². The van der Waals surface area contributed by atoms with Gasteiger partial charge in [-0.05, 0) is 18.8 Å². The van der Waals surface area contributed by atoms with E-state index in [2.05, 4.69) is 19.2 Å². The van der Waals surface area contributed by atoms with Crippen molar-refractivity contribution >= 4 is 12.0 Å². The number of rotatable bonds is 4. The fourth-order valence-corrected chi connectivity index (χ4v) is 2.14. The summed E-state index contributed by atoms with van der Waals surface area (Å²) in [4.78, 5) is 24.3. The number of nitrogens with one attached hydrogen (secondary N) is 1. The fraction of sp³-hybridized carbons (Fsp3) is 0.833. The highest BCUT2D eigenvalue weighted by molar-refractivity contribution is 5.77. The molecule has 1 saturated heterocycles. The Morgan fingerprint density at radius 2 is 2.12 bits per heavy atom. The first-order chi connectivity index (χ1) is 7.95. The number of carbonyl (C=O) groups excluding carboxylic acids is 1. The topological polar surface area (TPSA) is 69.6 Å². The van der Waals surface area contributed by atoms with Gasteiger partial charge in [0.1, 0.15) is 0 Å². The molecule has 0 aliphatic carbocycles. The van der Waals surface area contributed by atoms with Crippen molar-refractivity contribution in [3.63, 3.8) is 0 Å². The summed E-state index contributed by atoms with van der Waals surface area (Å²) in [5.41, 5.74) is 0. The molecule has 98 valence electrons. The van der Waals surface area contributed by atoms with Gasteiger partial charge >= 0.3 is 12.0 Å². The van der Waals surface area contributed by atoms with Crippen molar-refractivity contribution in [1.82, 2.24) is 10.2 Å². The minimum absolute atomic E-state index is 0.130. The highest BCUT2D eigenvalue weighted by Gasteiger charge is 2.31. The van der Waals surface area contributed by atoms with Crippen LogP contribution in [0, 0.1) is 11.8 Å². The maximum absolute atomic E-state index is 11.9. The zero-order chi connectivity index (χ0) is 13.0. The van der Waals surface area contributed by atoms with Crippen LogP contribution in [0.25, 0.3) is 0 Å². The van der Waals surface area contributed by atoms with Crippen LogP contribution < -0.4 is 5.32 Å². The number of urea groups is 1. The summed E-state index contributed by atoms with van der Waals surface area (Å²) < 4.78 is 0. The van der Waals surface area contributed by atoms with Crippen LogP contribution >= 0.6 is 0 Å². The molecule has 0 saturated carbocycles. The molecule has 1 aliphatic heterocycles. The average Bonchev–Trinajstić information content (AvgIpc) is 2.74. The SMILES string of the molecule is CCC(NC(=O)N1CCC(C(=O)O)C1)C(C)C. The molecule has 2 amide bonds. The van der Waals surface area contributed by atoms with Crippen molar-refractivity contribution in [3.8, 4) is 0 Å². The van der Waals surface area contributed by atoms with Crippen molar-refractivity contribution in [1.29, 1.82) is 0 Å². The molecular formula is C12H22N2O3. The number of carboxylic acid groups (broad SMARTS) is 1. The van der Waals surface area contributed by atoms with Crippen LogP contribution in [0.5, 0.6) is 0 Å². The van der Waals surface area contributed by atoms with E-state index in [4.69, 9.17) is 5.11 Å². The monoisotopic (exact) mass is 242 g/mol. The summed E-state index contributed by atoms with van der Waals surface area (Å²) >= 11 is 0. The molecule has 1 heterocycles. The Bertz CT molecular complexity index is 291. The van der Waals surface area contributed by atoms with Gasteiger partial charge in [0.05, 0.1) is 5.92 Å². The molecule has 2 N–H and O–H groups in total. The summed E-state index contributed by atoms with van der Waals surface area (Å²) in [5, 5.41) is 11.8. The summed E-state index contributed by atoms with van der Waals surface area (Å²) in [6, 6.07) is 0.0284. The Labute approximate surface area is 102 Å². The highest BCUT2D eigenvalue weighted by atomic mass is 16.4. The van der Waals surface area contributed by atoms with Crippen LogP contribution in [0.3, 0.4) is 0 Å². The summed E-state index contributed by atoms with van der Waals surface area (Å²) in [7, 11) is 0. The fourth-order valence-electron chi connectivity index (χ4n) is 2.14. The summed E-state index contributed by atoms with van der Waals surface area (Å²) in [5.74, 6) is -0.821. The number of hydrogen-bond donors (Lipinski definition) is 2. The molecule has 5 heteroatoms. The maximum Gasteiger partial charge on any atom is 0.317 e. The predicted octanol–water partition coefficient (Wildman–Crippen LogP) is 1.54. The highest BCUT2D eigenvalue weighted by Crippen LogP contribution is 2.17. The van der Waals surface area contributed by atoms with Crippen molar-refractivity contribution in [2.45, 2.75) is 39.7 Å². The minimum atomic E-state index is -0.809. The van der Waals surface area contributed by atoms with Crippen LogP contribution in [-0.2, 0) is 4.79 Å². The van der Waals surface area contributed by atoms with Gasteiger partial charge in [0, 0.05) is 19.1 Å². The lowest BCUT2D eigenvalue weighted by molar-refractivity contribution is -0.141. The zero-order valence-corrected chi connectivity index (χ0v) is 10.8. The summed E-state index contributed by atoms with van der Waals surface area (Å²) in [6.07, 6.45) is 1.45. The number of carbonyl (C=O) groups is 2. The Balaban J connectivity index is 2.46. The summed E-state index contributed by atoms with van der Waals surface area (Å²) in [6.45, 7) is 7.04. The molecule has 0 aromatic heterocycles. The molecular weight excluding hydrogens is 220 g/mol. The second-order valence-corrected chi connectivity index (χ2v) is 4.98. The van der Waals surface area contributed by atoms with E-state index in [0.717, 1.165) is 6.42 Å². The van der Waals surface area contributed by atoms with E-state index < -0.39 is 11.9 Å². The number of likely N-dealkylation sites (tertiary alicyclic amines) is 1. The van der Waals surface area contributed by atoms with E-state index in [1.54, 1.807) is 4.90 Å². The first kappa shape index (κ1) is 13.8. The molecule has 5 nitrogen and oxygen atoms in total. The smallest absolute Gasteiger partial charge is 0.317 e. The van der Waals surface area contributed by atoms with Gasteiger partial charge in [-0.2, -0.15) is 0 Å². The van der Waals surface area contributed by atoms with Crippen molar-refractivity contribution in [3.05, 3.63) is 0 Å². The molecule has 0 spiro atoms. The third kappa shape index (κ3) is 3.61. The van der Waals surface area contributed by atoms with Gasteiger partial charge in [0.15, 0.2) is 0 Å². The van der Waals surface area contributed by atoms with E-state index in [-0.39, 0.29) is 12.1 Å². The molecule has 0 bridgehead atoms. The maximum atomic E-state index is 11.9. The van der Waals surface area contributed by atoms with E-state index >= 15 is 0 Å². The van der Waals surface area contributed by atoms with Gasteiger partial charge in [0.2, 0.25) is 0 Å². The number of carboxylic acids is 1. The van der Waals surface area contributed by atoms with Gasteiger partial charge in [-0.1, -0.05) is 20.8 Å². The Morgan fingerprint density at radius 1 is 1.47 bits per heavy atom. The molecule has 1 rings (SSSR count). The lowest BCUT2D eigenvalue weighted by Gasteiger charge is -2.24. The molecule has 0 radical (unpaired) electrons. The third-order valence-corrected chi connectivity index (χ3v) is 3.38. The van der Waals surface area contributed by atoms with Gasteiger partial charge in [-0.25, -0.2) is 4.79 Å². The van der Waals surface area contributed by atoms with Crippen LogP contribution in [0.2, 0.25) is 0 Å². The van der Waals surface area contributed by atoms with Crippen LogP contribution in [0.4, 0.5) is 4.79 Å². The van der Waals surface area contributed by atoms with Gasteiger partial charge in [-0.15, -0.1) is 0 Å². The molecule has 0 aromatic rings. The van der Waals surface area contributed by atoms with Crippen molar-refractivity contribution < 1.29 is 14.7 Å². The Kier molecular flexibility index (Phi) is 4.78. The zero-order valence-electron chi connectivity index (χ0n) is 10.8.